The summed E-state index contributed by atoms with van der Waals surface area (Å²) >= 11 is 0. The molecule has 1 aliphatic heterocycles. The highest BCUT2D eigenvalue weighted by Crippen LogP contribution is 2.29. The molecule has 1 atom stereocenters. The number of carbonyl (C=O) groups is 3. The molecule has 6 nitrogen and oxygen atoms in total. The summed E-state index contributed by atoms with van der Waals surface area (Å²) in [6, 6.07) is 7.10. The van der Waals surface area contributed by atoms with Crippen molar-refractivity contribution in [3.05, 3.63) is 35.4 Å². The molecule has 116 valence electrons. The number of carbonyl (C=O) groups excluding carboxylic acids is 3. The first-order chi connectivity index (χ1) is 10.4. The number of imide groups is 1. The molecule has 0 aromatic heterocycles. The van der Waals surface area contributed by atoms with Crippen LogP contribution in [0.2, 0.25) is 0 Å². The number of aryl methyl sites for hydroxylation is 1. The van der Waals surface area contributed by atoms with Gasteiger partial charge in [0, 0.05) is 6.04 Å². The Morgan fingerprint density at radius 2 is 1.95 bits per heavy atom. The number of nitrogens with zero attached hydrogens (tertiary/aromatic N) is 1. The van der Waals surface area contributed by atoms with Crippen molar-refractivity contribution >= 4 is 17.8 Å². The van der Waals surface area contributed by atoms with Crippen LogP contribution in [0.5, 0.6) is 0 Å². The fraction of sp³-hybridized carbons (Fsp3) is 0.438. The summed E-state index contributed by atoms with van der Waals surface area (Å²) in [4.78, 5) is 37.5. The lowest BCUT2D eigenvalue weighted by molar-refractivity contribution is -0.134. The van der Waals surface area contributed by atoms with Gasteiger partial charge in [-0.1, -0.05) is 29.8 Å². The van der Waals surface area contributed by atoms with Gasteiger partial charge in [0.1, 0.15) is 12.1 Å². The summed E-state index contributed by atoms with van der Waals surface area (Å²) in [5.41, 5.74) is 0.663. The van der Waals surface area contributed by atoms with E-state index in [0.29, 0.717) is 5.56 Å². The summed E-state index contributed by atoms with van der Waals surface area (Å²) in [6.07, 6.45) is 1.93. The van der Waals surface area contributed by atoms with Gasteiger partial charge in [0.15, 0.2) is 0 Å². The first-order valence-electron chi connectivity index (χ1n) is 7.41. The third kappa shape index (κ3) is 2.56. The van der Waals surface area contributed by atoms with Crippen molar-refractivity contribution in [2.24, 2.45) is 0 Å². The van der Waals surface area contributed by atoms with Crippen LogP contribution in [0.4, 0.5) is 4.79 Å². The Labute approximate surface area is 128 Å². The highest BCUT2D eigenvalue weighted by Gasteiger charge is 2.49. The predicted molar refractivity (Wildman–Crippen MR) is 79.9 cm³/mol. The van der Waals surface area contributed by atoms with E-state index < -0.39 is 17.5 Å². The van der Waals surface area contributed by atoms with Crippen LogP contribution in [-0.4, -0.2) is 35.3 Å². The maximum absolute atomic E-state index is 12.6. The minimum atomic E-state index is -1.12. The number of hydrogen-bond donors (Lipinski definition) is 2. The highest BCUT2D eigenvalue weighted by atomic mass is 16.2. The van der Waals surface area contributed by atoms with Crippen LogP contribution in [0.15, 0.2) is 24.3 Å². The Balaban J connectivity index is 1.77. The standard InChI is InChI=1S/C16H19N3O3/c1-10-3-5-11(6-4-10)16(2)14(21)19(15(22)18-16)9-13(20)17-12-7-8-12/h3-6,12H,7-9H2,1-2H3,(H,17,20)(H,18,22). The Kier molecular flexibility index (Phi) is 3.39. The molecule has 1 saturated heterocycles. The number of urea groups is 1. The molecular weight excluding hydrogens is 282 g/mol. The van der Waals surface area contributed by atoms with E-state index in [9.17, 15) is 14.4 Å². The third-order valence-corrected chi connectivity index (χ3v) is 4.15. The van der Waals surface area contributed by atoms with Gasteiger partial charge in [-0.2, -0.15) is 0 Å². The van der Waals surface area contributed by atoms with Gasteiger partial charge in [-0.15, -0.1) is 0 Å². The Morgan fingerprint density at radius 1 is 1.32 bits per heavy atom. The first kappa shape index (κ1) is 14.6. The van der Waals surface area contributed by atoms with Gasteiger partial charge in [0.2, 0.25) is 5.91 Å². The zero-order chi connectivity index (χ0) is 15.9. The summed E-state index contributed by atoms with van der Waals surface area (Å²) in [5, 5.41) is 5.48. The summed E-state index contributed by atoms with van der Waals surface area (Å²) < 4.78 is 0. The molecule has 1 aliphatic carbocycles. The summed E-state index contributed by atoms with van der Waals surface area (Å²) in [6.45, 7) is 3.38. The van der Waals surface area contributed by atoms with Crippen molar-refractivity contribution in [3.8, 4) is 0 Å². The zero-order valence-electron chi connectivity index (χ0n) is 12.7. The molecule has 6 heteroatoms. The van der Waals surface area contributed by atoms with E-state index in [1.54, 1.807) is 6.92 Å². The molecule has 1 heterocycles. The molecule has 1 aromatic carbocycles. The Bertz CT molecular complexity index is 637. The molecule has 22 heavy (non-hydrogen) atoms. The number of rotatable bonds is 4. The zero-order valence-corrected chi connectivity index (χ0v) is 12.7. The first-order valence-corrected chi connectivity index (χ1v) is 7.41. The van der Waals surface area contributed by atoms with Gasteiger partial charge in [0.25, 0.3) is 5.91 Å². The predicted octanol–water partition coefficient (Wildman–Crippen LogP) is 1.04. The maximum atomic E-state index is 12.6. The topological polar surface area (TPSA) is 78.5 Å². The van der Waals surface area contributed by atoms with Crippen LogP contribution < -0.4 is 10.6 Å². The van der Waals surface area contributed by atoms with Gasteiger partial charge in [0.05, 0.1) is 0 Å². The van der Waals surface area contributed by atoms with Crippen LogP contribution in [0, 0.1) is 6.92 Å². The summed E-state index contributed by atoms with van der Waals surface area (Å²) in [5.74, 6) is -0.688. The Hall–Kier alpha value is -2.37. The minimum absolute atomic E-state index is 0.205. The molecule has 0 radical (unpaired) electrons. The second kappa shape index (κ2) is 5.12. The molecule has 2 aliphatic rings. The quantitative estimate of drug-likeness (QED) is 0.816. The molecule has 2 N–H and O–H groups in total. The van der Waals surface area contributed by atoms with Crippen LogP contribution >= 0.6 is 0 Å². The van der Waals surface area contributed by atoms with Crippen LogP contribution in [0.3, 0.4) is 0 Å². The lowest BCUT2D eigenvalue weighted by atomic mass is 9.91. The fourth-order valence-corrected chi connectivity index (χ4v) is 2.57. The molecule has 1 unspecified atom stereocenters. The fourth-order valence-electron chi connectivity index (χ4n) is 2.57. The lowest BCUT2D eigenvalue weighted by Crippen LogP contribution is -2.43. The van der Waals surface area contributed by atoms with Gasteiger partial charge in [-0.05, 0) is 32.3 Å². The number of nitrogens with one attached hydrogen (secondary N) is 2. The SMILES string of the molecule is Cc1ccc(C2(C)NC(=O)N(CC(=O)NC3CC3)C2=O)cc1. The number of benzene rings is 1. The normalized spacial score (nSPS) is 24.4. The smallest absolute Gasteiger partial charge is 0.325 e. The van der Waals surface area contributed by atoms with Crippen molar-refractivity contribution in [3.63, 3.8) is 0 Å². The van der Waals surface area contributed by atoms with Crippen LogP contribution in [0.1, 0.15) is 30.9 Å². The molecule has 1 aromatic rings. The van der Waals surface area contributed by atoms with Gasteiger partial charge in [-0.25, -0.2) is 4.79 Å². The Morgan fingerprint density at radius 3 is 2.55 bits per heavy atom. The van der Waals surface area contributed by atoms with Gasteiger partial charge < -0.3 is 10.6 Å². The number of amides is 4. The second-order valence-electron chi connectivity index (χ2n) is 6.15. The van der Waals surface area contributed by atoms with Gasteiger partial charge in [-0.3, -0.25) is 14.5 Å². The monoisotopic (exact) mass is 301 g/mol. The van der Waals surface area contributed by atoms with E-state index in [4.69, 9.17) is 0 Å². The largest absolute Gasteiger partial charge is 0.352 e. The van der Waals surface area contributed by atoms with Crippen LogP contribution in [-0.2, 0) is 15.1 Å². The van der Waals surface area contributed by atoms with E-state index in [-0.39, 0.29) is 18.5 Å². The molecule has 2 fully saturated rings. The van der Waals surface area contributed by atoms with Crippen molar-refractivity contribution in [1.29, 1.82) is 0 Å². The van der Waals surface area contributed by atoms with E-state index in [1.807, 2.05) is 31.2 Å². The molecule has 0 bridgehead atoms. The van der Waals surface area contributed by atoms with Crippen LogP contribution in [0.25, 0.3) is 0 Å². The van der Waals surface area contributed by atoms with E-state index in [0.717, 1.165) is 23.3 Å². The van der Waals surface area contributed by atoms with E-state index in [2.05, 4.69) is 10.6 Å². The van der Waals surface area contributed by atoms with Crippen molar-refractivity contribution in [2.45, 2.75) is 38.3 Å². The third-order valence-electron chi connectivity index (χ3n) is 4.15. The van der Waals surface area contributed by atoms with Crippen molar-refractivity contribution in [2.75, 3.05) is 6.54 Å². The molecule has 4 amide bonds. The lowest BCUT2D eigenvalue weighted by Gasteiger charge is -2.22. The number of hydrogen-bond acceptors (Lipinski definition) is 3. The summed E-state index contributed by atoms with van der Waals surface area (Å²) in [7, 11) is 0. The minimum Gasteiger partial charge on any atom is -0.352 e. The average Bonchev–Trinajstić information content (AvgIpc) is 3.24. The molecular formula is C16H19N3O3. The van der Waals surface area contributed by atoms with Gasteiger partial charge >= 0.3 is 6.03 Å². The van der Waals surface area contributed by atoms with E-state index >= 15 is 0 Å². The highest BCUT2D eigenvalue weighted by molar-refractivity contribution is 6.09. The molecule has 0 spiro atoms. The van der Waals surface area contributed by atoms with Crippen molar-refractivity contribution in [1.82, 2.24) is 15.5 Å². The molecule has 1 saturated carbocycles. The average molecular weight is 301 g/mol. The maximum Gasteiger partial charge on any atom is 0.325 e. The van der Waals surface area contributed by atoms with E-state index in [1.165, 1.54) is 0 Å². The second-order valence-corrected chi connectivity index (χ2v) is 6.15. The van der Waals surface area contributed by atoms with Crippen molar-refractivity contribution < 1.29 is 14.4 Å². The molecule has 3 rings (SSSR count).